The van der Waals surface area contributed by atoms with Crippen molar-refractivity contribution in [2.75, 3.05) is 0 Å². The minimum atomic E-state index is -4.75. The normalized spacial score (nSPS) is 15.7. The Morgan fingerprint density at radius 2 is 1.44 bits per heavy atom. The predicted molar refractivity (Wildman–Crippen MR) is 210 cm³/mol. The fourth-order valence-electron chi connectivity index (χ4n) is 8.11. The number of H-pyrrole nitrogens is 2. The van der Waals surface area contributed by atoms with Gasteiger partial charge in [-0.25, -0.2) is 4.98 Å². The molecule has 1 saturated carbocycles. The number of carbonyl (C=O) groups is 2. The largest absolute Gasteiger partial charge is 0.431 e. The topological polar surface area (TPSA) is 137 Å². The number of hydrogen-bond acceptors (Lipinski definition) is 5. The van der Waals surface area contributed by atoms with Crippen LogP contribution in [0.4, 0.5) is 13.2 Å². The van der Waals surface area contributed by atoms with Crippen molar-refractivity contribution in [2.45, 2.75) is 56.8 Å². The Morgan fingerprint density at radius 3 is 2.19 bits per heavy atom. The van der Waals surface area contributed by atoms with Crippen molar-refractivity contribution in [1.82, 2.24) is 25.6 Å². The van der Waals surface area contributed by atoms with Gasteiger partial charge in [-0.15, -0.1) is 0 Å². The van der Waals surface area contributed by atoms with E-state index in [4.69, 9.17) is 0 Å². The van der Waals surface area contributed by atoms with Crippen LogP contribution < -0.4 is 21.8 Å². The third-order valence-electron chi connectivity index (χ3n) is 11.0. The molecule has 2 unspecified atom stereocenters. The monoisotopic (exact) mass is 769 g/mol. The van der Waals surface area contributed by atoms with Gasteiger partial charge in [-0.1, -0.05) is 104 Å². The average molecular weight is 770 g/mol. The molecule has 0 radical (unpaired) electrons. The van der Waals surface area contributed by atoms with E-state index in [1.54, 1.807) is 4.98 Å². The van der Waals surface area contributed by atoms with Crippen molar-refractivity contribution in [3.8, 4) is 22.3 Å². The van der Waals surface area contributed by atoms with Gasteiger partial charge in [0, 0.05) is 12.6 Å². The molecule has 4 aromatic carbocycles. The van der Waals surface area contributed by atoms with Gasteiger partial charge in [0.25, 0.3) is 22.9 Å². The van der Waals surface area contributed by atoms with Crippen molar-refractivity contribution in [1.29, 1.82) is 0 Å². The average Bonchev–Trinajstić information content (AvgIpc) is 3.52. The van der Waals surface area contributed by atoms with E-state index in [0.717, 1.165) is 82.7 Å². The fraction of sp³-hybridized carbons (Fsp3) is 0.222. The van der Waals surface area contributed by atoms with Crippen LogP contribution in [0.3, 0.4) is 0 Å². The summed E-state index contributed by atoms with van der Waals surface area (Å²) in [5, 5.41) is 6.06. The first-order valence-electron chi connectivity index (χ1n) is 18.9. The zero-order chi connectivity index (χ0) is 39.7. The van der Waals surface area contributed by atoms with Crippen molar-refractivity contribution in [3.63, 3.8) is 0 Å². The first kappa shape index (κ1) is 37.4. The Labute approximate surface area is 325 Å². The number of carbonyl (C=O) groups excluding carboxylic acids is 2. The van der Waals surface area contributed by atoms with Gasteiger partial charge in [0.2, 0.25) is 0 Å². The van der Waals surface area contributed by atoms with Crippen LogP contribution in [-0.2, 0) is 12.6 Å². The fourth-order valence-corrected chi connectivity index (χ4v) is 8.11. The van der Waals surface area contributed by atoms with Crippen molar-refractivity contribution < 1.29 is 22.8 Å². The molecule has 0 saturated heterocycles. The highest BCUT2D eigenvalue weighted by molar-refractivity contribution is 5.96. The molecule has 2 atom stereocenters. The number of alkyl halides is 3. The van der Waals surface area contributed by atoms with Crippen molar-refractivity contribution >= 4 is 11.8 Å². The van der Waals surface area contributed by atoms with Crippen LogP contribution in [0, 0.1) is 5.92 Å². The van der Waals surface area contributed by atoms with Gasteiger partial charge in [0.15, 0.2) is 0 Å². The summed E-state index contributed by atoms with van der Waals surface area (Å²) in [5.41, 5.74) is 3.84. The van der Waals surface area contributed by atoms with E-state index < -0.39 is 46.9 Å². The molecule has 6 aromatic rings. The summed E-state index contributed by atoms with van der Waals surface area (Å²) in [6.07, 6.45) is 1.71. The molecule has 1 fully saturated rings. The van der Waals surface area contributed by atoms with E-state index >= 15 is 0 Å². The molecule has 2 aromatic heterocycles. The highest BCUT2D eigenvalue weighted by atomic mass is 19.4. The van der Waals surface area contributed by atoms with Crippen LogP contribution in [0.15, 0.2) is 125 Å². The molecule has 288 valence electrons. The molecular weight excluding hydrogens is 732 g/mol. The zero-order valence-electron chi connectivity index (χ0n) is 30.7. The van der Waals surface area contributed by atoms with Gasteiger partial charge in [0.1, 0.15) is 22.6 Å². The number of aromatic amines is 2. The van der Waals surface area contributed by atoms with Crippen LogP contribution in [0.1, 0.15) is 98.7 Å². The predicted octanol–water partition coefficient (Wildman–Crippen LogP) is 8.29. The van der Waals surface area contributed by atoms with E-state index in [0.29, 0.717) is 18.3 Å². The maximum atomic E-state index is 13.6. The molecule has 2 heterocycles. The van der Waals surface area contributed by atoms with E-state index in [2.05, 4.69) is 26.7 Å². The summed E-state index contributed by atoms with van der Waals surface area (Å²) in [4.78, 5) is 61.7. The smallest absolute Gasteiger partial charge is 0.345 e. The van der Waals surface area contributed by atoms with E-state index in [9.17, 15) is 32.3 Å². The molecule has 0 spiro atoms. The molecule has 0 aliphatic heterocycles. The van der Waals surface area contributed by atoms with E-state index in [1.165, 1.54) is 6.20 Å². The summed E-state index contributed by atoms with van der Waals surface area (Å²) < 4.78 is 39.6. The van der Waals surface area contributed by atoms with Crippen molar-refractivity contribution in [3.05, 3.63) is 181 Å². The summed E-state index contributed by atoms with van der Waals surface area (Å²) in [6, 6.07) is 31.7. The number of nitrogens with one attached hydrogen (secondary N) is 4. The van der Waals surface area contributed by atoms with Crippen LogP contribution in [0.5, 0.6) is 0 Å². The molecule has 57 heavy (non-hydrogen) atoms. The summed E-state index contributed by atoms with van der Waals surface area (Å²) in [5.74, 6) is -0.773. The van der Waals surface area contributed by atoms with E-state index in [1.807, 2.05) is 91.0 Å². The Kier molecular flexibility index (Phi) is 10.2. The maximum Gasteiger partial charge on any atom is 0.431 e. The Hall–Kier alpha value is -6.56. The number of pyridine rings is 1. The molecule has 2 amide bonds. The third-order valence-corrected chi connectivity index (χ3v) is 11.0. The number of hydrogen-bond donors (Lipinski definition) is 4. The first-order chi connectivity index (χ1) is 27.5. The lowest BCUT2D eigenvalue weighted by atomic mass is 9.80. The van der Waals surface area contributed by atoms with Gasteiger partial charge in [0.05, 0.1) is 12.1 Å². The Balaban J connectivity index is 1.06. The van der Waals surface area contributed by atoms with Gasteiger partial charge < -0.3 is 20.6 Å². The van der Waals surface area contributed by atoms with Crippen LogP contribution in [0.25, 0.3) is 22.3 Å². The lowest BCUT2D eigenvalue weighted by Crippen LogP contribution is -2.37. The lowest BCUT2D eigenvalue weighted by molar-refractivity contribution is -0.141. The number of rotatable bonds is 9. The maximum absolute atomic E-state index is 13.6. The summed E-state index contributed by atoms with van der Waals surface area (Å²) in [7, 11) is 0. The summed E-state index contributed by atoms with van der Waals surface area (Å²) >= 11 is 0. The molecule has 8 rings (SSSR count). The minimum Gasteiger partial charge on any atom is -0.345 e. The summed E-state index contributed by atoms with van der Waals surface area (Å²) in [6.45, 7) is 0. The molecular formula is C45H38F3N5O4. The second-order valence-electron chi connectivity index (χ2n) is 14.6. The number of aromatic nitrogens is 3. The van der Waals surface area contributed by atoms with Gasteiger partial charge in [-0.2, -0.15) is 13.2 Å². The number of fused-ring (bicyclic) bond motifs is 3. The highest BCUT2D eigenvalue weighted by Crippen LogP contribution is 2.45. The van der Waals surface area contributed by atoms with E-state index in [-0.39, 0.29) is 17.0 Å². The van der Waals surface area contributed by atoms with Gasteiger partial charge in [-0.05, 0) is 87.5 Å². The second-order valence-corrected chi connectivity index (χ2v) is 14.6. The van der Waals surface area contributed by atoms with Crippen LogP contribution in [-0.4, -0.2) is 26.8 Å². The van der Waals surface area contributed by atoms with Crippen LogP contribution in [0.2, 0.25) is 0 Å². The standard InChI is InChI=1S/C45H38F3N5O4/c46-45(47,48)37-21-20-34(41(54)50-37)42(55)52-39(27-12-5-2-6-13-27)30-15-9-14-28(23-30)29-18-19-33-35(24-29)31-16-7-8-17-32(31)40(33)53-44(57)36-25-49-38(51-43(36)56)22-26-10-3-1-4-11-26/h1,3-4,7-11,14-21,23-25,27,39-40H,2,5-6,12-13,22H2,(H,50,54)(H,52,55)(H,53,57)(H,49,51,56). The highest BCUT2D eigenvalue weighted by Gasteiger charge is 2.34. The molecule has 2 aliphatic carbocycles. The Bertz CT molecular complexity index is 2600. The number of nitrogens with zero attached hydrogens (tertiary/aromatic N) is 1. The quantitative estimate of drug-likeness (QED) is 0.117. The molecule has 9 nitrogen and oxygen atoms in total. The number of amides is 2. The first-order valence-corrected chi connectivity index (χ1v) is 18.9. The Morgan fingerprint density at radius 1 is 0.719 bits per heavy atom. The SMILES string of the molecule is O=C(NC(c1cccc(-c2ccc3c(c2)-c2ccccc2C3NC(=O)c2cnc(Cc3ccccc3)[nH]c2=O)c1)C1CCCCC1)c1ccc(C(F)(F)F)[nH]c1=O. The molecule has 4 N–H and O–H groups in total. The number of benzene rings is 4. The molecule has 0 bridgehead atoms. The zero-order valence-corrected chi connectivity index (χ0v) is 30.7. The van der Waals surface area contributed by atoms with Gasteiger partial charge >= 0.3 is 6.18 Å². The molecule has 12 heteroatoms. The third kappa shape index (κ3) is 7.80. The second kappa shape index (κ2) is 15.5. The van der Waals surface area contributed by atoms with Crippen molar-refractivity contribution in [2.24, 2.45) is 5.92 Å². The van der Waals surface area contributed by atoms with Gasteiger partial charge in [-0.3, -0.25) is 19.2 Å². The number of halogens is 3. The van der Waals surface area contributed by atoms with Crippen LogP contribution >= 0.6 is 0 Å². The lowest BCUT2D eigenvalue weighted by Gasteiger charge is -2.31. The minimum absolute atomic E-state index is 0.0604. The molecule has 2 aliphatic rings.